The summed E-state index contributed by atoms with van der Waals surface area (Å²) < 4.78 is 35.5. The van der Waals surface area contributed by atoms with E-state index < -0.39 is 25.9 Å². The fourth-order valence-corrected chi connectivity index (χ4v) is 11.9. The summed E-state index contributed by atoms with van der Waals surface area (Å²) in [6.45, 7) is 13.3. The number of fused-ring (bicyclic) bond motifs is 2. The molecule has 0 spiro atoms. The Hall–Kier alpha value is -3.04. The number of rotatable bonds is 9. The second-order valence-electron chi connectivity index (χ2n) is 11.7. The predicted octanol–water partition coefficient (Wildman–Crippen LogP) is 6.92. The third kappa shape index (κ3) is 5.09. The Balaban J connectivity index is 2.02. The number of benzene rings is 2. The average molecular weight is 588 g/mol. The van der Waals surface area contributed by atoms with E-state index in [1.54, 1.807) is 18.1 Å². The highest BCUT2D eigenvalue weighted by Gasteiger charge is 2.49. The molecular weight excluding hydrogens is 552 g/mol. The van der Waals surface area contributed by atoms with E-state index in [9.17, 15) is 18.4 Å². The van der Waals surface area contributed by atoms with Gasteiger partial charge in [0.2, 0.25) is 5.91 Å². The quantitative estimate of drug-likeness (QED) is 0.217. The summed E-state index contributed by atoms with van der Waals surface area (Å²) in [6.07, 6.45) is 1.60. The lowest BCUT2D eigenvalue weighted by molar-refractivity contribution is -0.117. The SMILES string of the molecule is CC(C)[Si](Oc1c2c(c(CC(N)=O)c3cc(Cc4cc(Cl)c(F)cc4F)cnc13)CN(C)C2=O)(C(C)C)C(C)C. The summed E-state index contributed by atoms with van der Waals surface area (Å²) in [7, 11) is -0.814. The van der Waals surface area contributed by atoms with Crippen LogP contribution in [0.2, 0.25) is 21.6 Å². The smallest absolute Gasteiger partial charge is 0.258 e. The molecule has 1 aromatic heterocycles. The van der Waals surface area contributed by atoms with Crippen LogP contribution in [-0.2, 0) is 24.2 Å². The van der Waals surface area contributed by atoms with Gasteiger partial charge in [-0.3, -0.25) is 14.6 Å². The second kappa shape index (κ2) is 11.1. The average Bonchev–Trinajstić information content (AvgIpc) is 3.15. The van der Waals surface area contributed by atoms with Gasteiger partial charge in [-0.1, -0.05) is 53.1 Å². The number of carbonyl (C=O) groups is 2. The first-order valence-electron chi connectivity index (χ1n) is 13.5. The monoisotopic (exact) mass is 587 g/mol. The van der Waals surface area contributed by atoms with Crippen molar-refractivity contribution < 1.29 is 22.8 Å². The van der Waals surface area contributed by atoms with E-state index in [1.165, 1.54) is 6.07 Å². The summed E-state index contributed by atoms with van der Waals surface area (Å²) in [5.41, 5.74) is 9.44. The molecule has 214 valence electrons. The van der Waals surface area contributed by atoms with Gasteiger partial charge in [-0.25, -0.2) is 8.78 Å². The minimum absolute atomic E-state index is 0.0940. The number of amides is 2. The Morgan fingerprint density at radius 1 is 1.10 bits per heavy atom. The molecule has 0 atom stereocenters. The number of aromatic nitrogens is 1. The van der Waals surface area contributed by atoms with E-state index in [-0.39, 0.29) is 46.0 Å². The molecule has 2 heterocycles. The zero-order valence-corrected chi connectivity index (χ0v) is 25.7. The third-order valence-electron chi connectivity index (χ3n) is 8.15. The van der Waals surface area contributed by atoms with Crippen LogP contribution in [0.3, 0.4) is 0 Å². The number of halogens is 3. The van der Waals surface area contributed by atoms with Gasteiger partial charge >= 0.3 is 0 Å². The molecule has 0 radical (unpaired) electrons. The summed E-state index contributed by atoms with van der Waals surface area (Å²) in [4.78, 5) is 32.1. The number of nitrogens with two attached hydrogens (primary N) is 1. The molecule has 3 aromatic rings. The molecule has 0 fully saturated rings. The van der Waals surface area contributed by atoms with Crippen LogP contribution in [0, 0.1) is 11.6 Å². The number of nitrogens with zero attached hydrogens (tertiary/aromatic N) is 2. The van der Waals surface area contributed by atoms with Crippen LogP contribution in [0.5, 0.6) is 5.75 Å². The normalized spacial score (nSPS) is 13.7. The molecule has 0 bridgehead atoms. The van der Waals surface area contributed by atoms with Crippen molar-refractivity contribution in [3.8, 4) is 5.75 Å². The third-order valence-corrected chi connectivity index (χ3v) is 14.4. The van der Waals surface area contributed by atoms with Crippen LogP contribution in [0.1, 0.15) is 74.2 Å². The minimum Gasteiger partial charge on any atom is -0.541 e. The molecule has 0 saturated carbocycles. The zero-order chi connectivity index (χ0) is 29.7. The molecule has 0 aliphatic carbocycles. The maximum Gasteiger partial charge on any atom is 0.258 e. The molecule has 10 heteroatoms. The van der Waals surface area contributed by atoms with Gasteiger partial charge in [0.15, 0.2) is 0 Å². The first-order valence-corrected chi connectivity index (χ1v) is 16.0. The molecule has 0 saturated heterocycles. The first-order chi connectivity index (χ1) is 18.7. The number of hydrogen-bond donors (Lipinski definition) is 1. The maximum absolute atomic E-state index is 14.6. The van der Waals surface area contributed by atoms with Gasteiger partial charge in [0, 0.05) is 37.7 Å². The fraction of sp³-hybridized carbons (Fsp3) is 0.433. The Morgan fingerprint density at radius 3 is 2.30 bits per heavy atom. The van der Waals surface area contributed by atoms with Gasteiger partial charge in [-0.2, -0.15) is 0 Å². The molecule has 0 unspecified atom stereocenters. The highest BCUT2D eigenvalue weighted by atomic mass is 35.5. The van der Waals surface area contributed by atoms with Crippen molar-refractivity contribution in [1.82, 2.24) is 9.88 Å². The van der Waals surface area contributed by atoms with E-state index >= 15 is 0 Å². The summed E-state index contributed by atoms with van der Waals surface area (Å²) in [5, 5.41) is 0.452. The maximum atomic E-state index is 14.6. The van der Waals surface area contributed by atoms with Crippen molar-refractivity contribution in [3.05, 3.63) is 68.9 Å². The Labute approximate surface area is 240 Å². The van der Waals surface area contributed by atoms with Crippen molar-refractivity contribution in [2.45, 2.75) is 77.6 Å². The van der Waals surface area contributed by atoms with Crippen LogP contribution in [0.15, 0.2) is 24.4 Å². The lowest BCUT2D eigenvalue weighted by Gasteiger charge is -2.42. The van der Waals surface area contributed by atoms with Crippen molar-refractivity contribution in [2.24, 2.45) is 5.73 Å². The van der Waals surface area contributed by atoms with Crippen molar-refractivity contribution in [1.29, 1.82) is 0 Å². The largest absolute Gasteiger partial charge is 0.541 e. The Kier molecular flexibility index (Phi) is 8.29. The summed E-state index contributed by atoms with van der Waals surface area (Å²) in [5.74, 6) is -1.84. The lowest BCUT2D eigenvalue weighted by atomic mass is 9.93. The zero-order valence-electron chi connectivity index (χ0n) is 24.0. The first kappa shape index (κ1) is 29.9. The Bertz CT molecular complexity index is 1490. The molecule has 1 aliphatic heterocycles. The number of pyridine rings is 1. The molecule has 4 rings (SSSR count). The molecule has 6 nitrogen and oxygen atoms in total. The summed E-state index contributed by atoms with van der Waals surface area (Å²) >= 11 is 5.92. The van der Waals surface area contributed by atoms with Gasteiger partial charge in [0.1, 0.15) is 22.9 Å². The number of carbonyl (C=O) groups excluding carboxylic acids is 2. The van der Waals surface area contributed by atoms with Gasteiger partial charge in [0.05, 0.1) is 17.0 Å². The highest BCUT2D eigenvalue weighted by molar-refractivity contribution is 6.78. The van der Waals surface area contributed by atoms with Gasteiger partial charge in [-0.15, -0.1) is 0 Å². The van der Waals surface area contributed by atoms with E-state index in [2.05, 4.69) is 41.5 Å². The summed E-state index contributed by atoms with van der Waals surface area (Å²) in [6, 6.07) is 3.86. The standard InChI is InChI=1S/C30H36ClF2N3O3Si/c1-15(2)40(16(3)4,17(5)6)39-29-27-22(14-36(7)30(27)38)20(11-26(34)37)21-9-18(13-35-28(21)29)8-19-10-23(31)25(33)12-24(19)32/h9-10,12-13,15-17H,8,11,14H2,1-7H3,(H2,34,37). The van der Waals surface area contributed by atoms with Crippen LogP contribution >= 0.6 is 11.6 Å². The molecule has 1 aliphatic rings. The lowest BCUT2D eigenvalue weighted by Crippen LogP contribution is -2.51. The van der Waals surface area contributed by atoms with Crippen molar-refractivity contribution in [2.75, 3.05) is 7.05 Å². The van der Waals surface area contributed by atoms with E-state index in [4.69, 9.17) is 26.7 Å². The predicted molar refractivity (Wildman–Crippen MR) is 156 cm³/mol. The van der Waals surface area contributed by atoms with E-state index in [0.29, 0.717) is 45.5 Å². The minimum atomic E-state index is -2.53. The van der Waals surface area contributed by atoms with Gasteiger partial charge < -0.3 is 15.1 Å². The van der Waals surface area contributed by atoms with E-state index in [0.717, 1.165) is 6.07 Å². The van der Waals surface area contributed by atoms with Crippen LogP contribution in [-0.4, -0.2) is 37.1 Å². The fourth-order valence-electron chi connectivity index (χ4n) is 6.41. The van der Waals surface area contributed by atoms with Crippen LogP contribution in [0.25, 0.3) is 10.9 Å². The topological polar surface area (TPSA) is 85.5 Å². The number of hydrogen-bond acceptors (Lipinski definition) is 4. The molecule has 40 heavy (non-hydrogen) atoms. The van der Waals surface area contributed by atoms with E-state index in [1.807, 2.05) is 6.07 Å². The van der Waals surface area contributed by atoms with Crippen LogP contribution < -0.4 is 10.2 Å². The second-order valence-corrected chi connectivity index (χ2v) is 17.4. The number of primary amides is 1. The molecule has 2 aromatic carbocycles. The Morgan fingerprint density at radius 2 is 1.73 bits per heavy atom. The molecule has 2 amide bonds. The van der Waals surface area contributed by atoms with Gasteiger partial charge in [0.25, 0.3) is 14.2 Å². The molecule has 2 N–H and O–H groups in total. The van der Waals surface area contributed by atoms with Crippen molar-refractivity contribution >= 4 is 42.6 Å². The molecular formula is C30H36ClF2N3O3Si. The van der Waals surface area contributed by atoms with Crippen molar-refractivity contribution in [3.63, 3.8) is 0 Å². The van der Waals surface area contributed by atoms with Gasteiger partial charge in [-0.05, 0) is 51.0 Å². The van der Waals surface area contributed by atoms with Crippen LogP contribution in [0.4, 0.5) is 8.78 Å². The highest BCUT2D eigenvalue weighted by Crippen LogP contribution is 2.48.